The van der Waals surface area contributed by atoms with Gasteiger partial charge in [-0.2, -0.15) is 0 Å². The van der Waals surface area contributed by atoms with Gasteiger partial charge in [0.25, 0.3) is 0 Å². The van der Waals surface area contributed by atoms with Crippen molar-refractivity contribution < 1.29 is 23.8 Å². The molecule has 0 unspecified atom stereocenters. The quantitative estimate of drug-likeness (QED) is 0.676. The van der Waals surface area contributed by atoms with E-state index in [4.69, 9.17) is 14.2 Å². The van der Waals surface area contributed by atoms with Gasteiger partial charge in [-0.25, -0.2) is 4.79 Å². The Hall–Kier alpha value is -3.86. The minimum atomic E-state index is -0.410. The number of benzene rings is 2. The predicted octanol–water partition coefficient (Wildman–Crippen LogP) is 3.40. The van der Waals surface area contributed by atoms with Crippen molar-refractivity contribution in [3.63, 3.8) is 0 Å². The van der Waals surface area contributed by atoms with Crippen molar-refractivity contribution in [1.29, 1.82) is 0 Å². The highest BCUT2D eigenvalue weighted by atomic mass is 16.5. The molecule has 0 radical (unpaired) electrons. The molecule has 0 aliphatic carbocycles. The number of amides is 3. The molecule has 8 heteroatoms. The van der Waals surface area contributed by atoms with Crippen molar-refractivity contribution in [3.05, 3.63) is 42.0 Å². The topological polar surface area (TPSA) is 89.1 Å². The number of urea groups is 1. The Balaban J connectivity index is 1.54. The smallest absolute Gasteiger partial charge is 0.319 e. The molecule has 32 heavy (non-hydrogen) atoms. The molecule has 1 heterocycles. The molecule has 3 amide bonds. The van der Waals surface area contributed by atoms with Crippen LogP contribution >= 0.6 is 0 Å². The molecule has 1 aliphatic heterocycles. The highest BCUT2D eigenvalue weighted by Gasteiger charge is 2.19. The molecule has 1 saturated heterocycles. The summed E-state index contributed by atoms with van der Waals surface area (Å²) < 4.78 is 15.8. The van der Waals surface area contributed by atoms with Crippen LogP contribution in [0.15, 0.2) is 36.4 Å². The fourth-order valence-corrected chi connectivity index (χ4v) is 3.40. The molecule has 168 valence electrons. The second kappa shape index (κ2) is 11.0. The highest BCUT2D eigenvalue weighted by molar-refractivity contribution is 5.94. The Labute approximate surface area is 187 Å². The lowest BCUT2D eigenvalue weighted by atomic mass is 10.1. The molecule has 2 N–H and O–H groups in total. The number of nitrogens with zero attached hydrogens (tertiary/aromatic N) is 1. The van der Waals surface area contributed by atoms with Crippen LogP contribution in [-0.2, 0) is 4.79 Å². The van der Waals surface area contributed by atoms with Gasteiger partial charge in [-0.15, -0.1) is 0 Å². The third-order valence-electron chi connectivity index (χ3n) is 5.00. The maximum Gasteiger partial charge on any atom is 0.319 e. The first-order valence-electron chi connectivity index (χ1n) is 10.3. The average Bonchev–Trinajstić information content (AvgIpc) is 2.82. The number of piperidine rings is 1. The molecular formula is C24H27N3O5. The van der Waals surface area contributed by atoms with Gasteiger partial charge in [0.1, 0.15) is 0 Å². The second-order valence-electron chi connectivity index (χ2n) is 7.07. The standard InChI is InChI=1S/C24H27N3O5/c1-30-20-15-18(16-21(31-2)23(20)32-3)26-24(29)25-13-6-7-17-9-11-19(12-10-17)27-14-5-4-8-22(27)28/h9-12,15-16H,4-5,8,13-14H2,1-3H3,(H2,25,26,29). The van der Waals surface area contributed by atoms with Crippen LogP contribution in [0.5, 0.6) is 17.2 Å². The first kappa shape index (κ1) is 22.8. The highest BCUT2D eigenvalue weighted by Crippen LogP contribution is 2.39. The van der Waals surface area contributed by atoms with Crippen molar-refractivity contribution in [2.75, 3.05) is 44.6 Å². The Kier molecular flexibility index (Phi) is 7.81. The minimum Gasteiger partial charge on any atom is -0.493 e. The van der Waals surface area contributed by atoms with Gasteiger partial charge in [0.2, 0.25) is 11.7 Å². The molecule has 1 fully saturated rings. The van der Waals surface area contributed by atoms with Crippen molar-refractivity contribution >= 4 is 23.3 Å². The summed E-state index contributed by atoms with van der Waals surface area (Å²) in [7, 11) is 4.53. The lowest BCUT2D eigenvalue weighted by molar-refractivity contribution is -0.119. The van der Waals surface area contributed by atoms with E-state index < -0.39 is 6.03 Å². The van der Waals surface area contributed by atoms with E-state index in [1.165, 1.54) is 21.3 Å². The first-order valence-corrected chi connectivity index (χ1v) is 10.3. The zero-order valence-electron chi connectivity index (χ0n) is 18.5. The van der Waals surface area contributed by atoms with Crippen LogP contribution < -0.4 is 29.7 Å². The van der Waals surface area contributed by atoms with Crippen molar-refractivity contribution in [3.8, 4) is 29.1 Å². The Morgan fingerprint density at radius 3 is 2.31 bits per heavy atom. The molecule has 0 spiro atoms. The first-order chi connectivity index (χ1) is 15.5. The second-order valence-corrected chi connectivity index (χ2v) is 7.07. The molecule has 2 aromatic rings. The largest absolute Gasteiger partial charge is 0.493 e. The number of anilines is 2. The molecular weight excluding hydrogens is 410 g/mol. The Morgan fingerprint density at radius 2 is 1.72 bits per heavy atom. The summed E-state index contributed by atoms with van der Waals surface area (Å²) in [4.78, 5) is 26.0. The Morgan fingerprint density at radius 1 is 1.03 bits per heavy atom. The van der Waals surface area contributed by atoms with E-state index in [9.17, 15) is 9.59 Å². The zero-order valence-corrected chi connectivity index (χ0v) is 18.5. The van der Waals surface area contributed by atoms with Crippen molar-refractivity contribution in [2.24, 2.45) is 0 Å². The van der Waals surface area contributed by atoms with E-state index in [2.05, 4.69) is 22.5 Å². The minimum absolute atomic E-state index is 0.164. The van der Waals surface area contributed by atoms with Gasteiger partial charge in [0.05, 0.1) is 33.6 Å². The molecule has 0 saturated carbocycles. The molecule has 1 aliphatic rings. The number of nitrogens with one attached hydrogen (secondary N) is 2. The summed E-state index contributed by atoms with van der Waals surface area (Å²) in [6, 6.07) is 10.4. The number of rotatable bonds is 6. The molecule has 0 atom stereocenters. The maximum atomic E-state index is 12.2. The van der Waals surface area contributed by atoms with Crippen molar-refractivity contribution in [1.82, 2.24) is 5.32 Å². The fraction of sp³-hybridized carbons (Fsp3) is 0.333. The van der Waals surface area contributed by atoms with E-state index in [-0.39, 0.29) is 12.5 Å². The van der Waals surface area contributed by atoms with Gasteiger partial charge < -0.3 is 29.7 Å². The molecule has 8 nitrogen and oxygen atoms in total. The number of carbonyl (C=O) groups excluding carboxylic acids is 2. The van der Waals surface area contributed by atoms with E-state index in [1.54, 1.807) is 12.1 Å². The van der Waals surface area contributed by atoms with Crippen molar-refractivity contribution in [2.45, 2.75) is 19.3 Å². The van der Waals surface area contributed by atoms with Gasteiger partial charge in [0.15, 0.2) is 11.5 Å². The summed E-state index contributed by atoms with van der Waals surface area (Å²) in [6.45, 7) is 0.928. The summed E-state index contributed by atoms with van der Waals surface area (Å²) >= 11 is 0. The van der Waals surface area contributed by atoms with Crippen LogP contribution in [0.3, 0.4) is 0 Å². The normalized spacial score (nSPS) is 13.0. The van der Waals surface area contributed by atoms with E-state index >= 15 is 0 Å². The molecule has 3 rings (SSSR count). The van der Waals surface area contributed by atoms with Gasteiger partial charge in [0, 0.05) is 36.3 Å². The SMILES string of the molecule is COc1cc(NC(=O)NCC#Cc2ccc(N3CCCCC3=O)cc2)cc(OC)c1OC. The monoisotopic (exact) mass is 437 g/mol. The number of carbonyl (C=O) groups is 2. The molecule has 0 bridgehead atoms. The van der Waals surface area contributed by atoms with Gasteiger partial charge >= 0.3 is 6.03 Å². The zero-order chi connectivity index (χ0) is 22.9. The maximum absolute atomic E-state index is 12.2. The lowest BCUT2D eigenvalue weighted by Gasteiger charge is -2.26. The van der Waals surface area contributed by atoms with E-state index in [0.717, 1.165) is 30.6 Å². The van der Waals surface area contributed by atoms with Gasteiger partial charge in [-0.05, 0) is 37.1 Å². The lowest BCUT2D eigenvalue weighted by Crippen LogP contribution is -2.35. The predicted molar refractivity (Wildman–Crippen MR) is 123 cm³/mol. The van der Waals surface area contributed by atoms with E-state index in [1.807, 2.05) is 29.2 Å². The summed E-state index contributed by atoms with van der Waals surface area (Å²) in [5.74, 6) is 7.42. The van der Waals surface area contributed by atoms with E-state index in [0.29, 0.717) is 29.4 Å². The number of hydrogen-bond acceptors (Lipinski definition) is 5. The van der Waals surface area contributed by atoms with Crippen LogP contribution in [-0.4, -0.2) is 46.4 Å². The number of methoxy groups -OCH3 is 3. The van der Waals surface area contributed by atoms with Crippen LogP contribution in [0.2, 0.25) is 0 Å². The third kappa shape index (κ3) is 5.64. The summed E-state index contributed by atoms with van der Waals surface area (Å²) in [5, 5.41) is 5.40. The van der Waals surface area contributed by atoms with Gasteiger partial charge in [-0.1, -0.05) is 11.8 Å². The van der Waals surface area contributed by atoms with Crippen LogP contribution in [0.4, 0.5) is 16.2 Å². The fourth-order valence-electron chi connectivity index (χ4n) is 3.40. The number of hydrogen-bond donors (Lipinski definition) is 2. The average molecular weight is 437 g/mol. The molecule has 2 aromatic carbocycles. The summed E-state index contributed by atoms with van der Waals surface area (Å²) in [6.07, 6.45) is 2.58. The number of ether oxygens (including phenoxy) is 3. The van der Waals surface area contributed by atoms with Crippen LogP contribution in [0.25, 0.3) is 0 Å². The van der Waals surface area contributed by atoms with Crippen LogP contribution in [0.1, 0.15) is 24.8 Å². The van der Waals surface area contributed by atoms with Crippen LogP contribution in [0, 0.1) is 11.8 Å². The summed E-state index contributed by atoms with van der Waals surface area (Å²) in [5.41, 5.74) is 2.20. The molecule has 0 aromatic heterocycles. The Bertz CT molecular complexity index is 999. The van der Waals surface area contributed by atoms with Gasteiger partial charge in [-0.3, -0.25) is 4.79 Å². The third-order valence-corrected chi connectivity index (χ3v) is 5.00.